The van der Waals surface area contributed by atoms with Crippen molar-refractivity contribution in [2.75, 3.05) is 0 Å². The van der Waals surface area contributed by atoms with E-state index >= 15 is 0 Å². The molecular formula is C12H12Te. The summed E-state index contributed by atoms with van der Waals surface area (Å²) in [6.45, 7) is 0. The van der Waals surface area contributed by atoms with Gasteiger partial charge in [0, 0.05) is 0 Å². The molecule has 2 aromatic carbocycles. The second-order valence-electron chi connectivity index (χ2n) is 2.73. The fraction of sp³-hybridized carbons (Fsp3) is 0. The van der Waals surface area contributed by atoms with Gasteiger partial charge in [-0.1, -0.05) is 60.7 Å². The Morgan fingerprint density at radius 2 is 0.769 bits per heavy atom. The van der Waals surface area contributed by atoms with Crippen LogP contribution in [0.4, 0.5) is 0 Å². The SMILES string of the molecule is [TeH2].c1ccc(-c2ccccc2)cc1. The molecule has 0 saturated carbocycles. The van der Waals surface area contributed by atoms with Gasteiger partial charge in [0.05, 0.1) is 0 Å². The zero-order valence-electron chi connectivity index (χ0n) is 7.27. The maximum absolute atomic E-state index is 2.12. The van der Waals surface area contributed by atoms with E-state index < -0.39 is 0 Å². The fourth-order valence-corrected chi connectivity index (χ4v) is 1.26. The van der Waals surface area contributed by atoms with E-state index in [0.29, 0.717) is 0 Å². The van der Waals surface area contributed by atoms with Crippen molar-refractivity contribution in [1.82, 2.24) is 0 Å². The number of hydrogen-bond donors (Lipinski definition) is 0. The van der Waals surface area contributed by atoms with Crippen LogP contribution in [0.5, 0.6) is 0 Å². The van der Waals surface area contributed by atoms with Crippen molar-refractivity contribution in [2.24, 2.45) is 0 Å². The quantitative estimate of drug-likeness (QED) is 0.705. The van der Waals surface area contributed by atoms with E-state index in [2.05, 4.69) is 48.5 Å². The summed E-state index contributed by atoms with van der Waals surface area (Å²) in [5.41, 5.74) is 2.55. The maximum atomic E-state index is 2.12. The van der Waals surface area contributed by atoms with Gasteiger partial charge in [-0.2, -0.15) is 0 Å². The molecule has 0 heterocycles. The molecule has 0 aliphatic heterocycles. The molecule has 1 heteroatoms. The summed E-state index contributed by atoms with van der Waals surface area (Å²) in [5.74, 6) is 0. The van der Waals surface area contributed by atoms with Gasteiger partial charge in [-0.15, -0.1) is 0 Å². The van der Waals surface area contributed by atoms with Crippen LogP contribution >= 0.6 is 0 Å². The van der Waals surface area contributed by atoms with Gasteiger partial charge in [0.25, 0.3) is 0 Å². The van der Waals surface area contributed by atoms with Crippen LogP contribution in [-0.2, 0) is 0 Å². The average molecular weight is 284 g/mol. The van der Waals surface area contributed by atoms with E-state index in [4.69, 9.17) is 0 Å². The van der Waals surface area contributed by atoms with Gasteiger partial charge in [0.2, 0.25) is 0 Å². The Kier molecular flexibility index (Phi) is 4.02. The Labute approximate surface area is 95.3 Å². The molecule has 0 amide bonds. The fourth-order valence-electron chi connectivity index (χ4n) is 1.26. The van der Waals surface area contributed by atoms with Gasteiger partial charge in [-0.05, 0) is 11.1 Å². The Balaban J connectivity index is 0.000000845. The standard InChI is InChI=1S/C12H10.H2Te/c1-3-7-11(8-4-1)12-9-5-2-6-10-12;/h1-10H;1H2. The minimum absolute atomic E-state index is 0. The van der Waals surface area contributed by atoms with Crippen LogP contribution in [-0.4, -0.2) is 23.7 Å². The summed E-state index contributed by atoms with van der Waals surface area (Å²) in [5, 5.41) is 0. The van der Waals surface area contributed by atoms with Crippen LogP contribution in [0.1, 0.15) is 0 Å². The van der Waals surface area contributed by atoms with E-state index in [1.165, 1.54) is 11.1 Å². The van der Waals surface area contributed by atoms with Crippen LogP contribution in [0, 0.1) is 0 Å². The van der Waals surface area contributed by atoms with E-state index in [1.54, 1.807) is 0 Å². The molecule has 2 rings (SSSR count). The molecule has 66 valence electrons. The van der Waals surface area contributed by atoms with Gasteiger partial charge in [-0.3, -0.25) is 0 Å². The molecule has 0 aromatic heterocycles. The van der Waals surface area contributed by atoms with Gasteiger partial charge in [-0.25, -0.2) is 0 Å². The molecule has 0 bridgehead atoms. The predicted octanol–water partition coefficient (Wildman–Crippen LogP) is 2.44. The molecule has 2 aromatic rings. The van der Waals surface area contributed by atoms with Crippen molar-refractivity contribution in [2.45, 2.75) is 0 Å². The van der Waals surface area contributed by atoms with Gasteiger partial charge >= 0.3 is 23.7 Å². The first-order valence-corrected chi connectivity index (χ1v) is 4.07. The van der Waals surface area contributed by atoms with Gasteiger partial charge in [0.15, 0.2) is 0 Å². The number of rotatable bonds is 1. The third-order valence-electron chi connectivity index (χ3n) is 1.88. The molecule has 0 unspecified atom stereocenters. The van der Waals surface area contributed by atoms with Crippen molar-refractivity contribution in [3.63, 3.8) is 0 Å². The first-order valence-electron chi connectivity index (χ1n) is 4.07. The first kappa shape index (κ1) is 10.3. The molecule has 0 aliphatic carbocycles. The Bertz CT molecular complexity index is 303. The Morgan fingerprint density at radius 1 is 0.462 bits per heavy atom. The minimum atomic E-state index is 0. The largest absolute Gasteiger partial charge is 0.0622 e. The second kappa shape index (κ2) is 5.07. The summed E-state index contributed by atoms with van der Waals surface area (Å²) in [7, 11) is 0. The monoisotopic (exact) mass is 286 g/mol. The maximum Gasteiger partial charge on any atom is -0.0184 e. The van der Waals surface area contributed by atoms with Crippen LogP contribution in [0.15, 0.2) is 60.7 Å². The molecular weight excluding hydrogens is 272 g/mol. The molecule has 0 radical (unpaired) electrons. The summed E-state index contributed by atoms with van der Waals surface area (Å²) in [4.78, 5) is 0. The molecule has 0 nitrogen and oxygen atoms in total. The van der Waals surface area contributed by atoms with Gasteiger partial charge < -0.3 is 0 Å². The van der Waals surface area contributed by atoms with Crippen molar-refractivity contribution in [3.05, 3.63) is 60.7 Å². The Morgan fingerprint density at radius 3 is 1.08 bits per heavy atom. The molecule has 0 aliphatic rings. The van der Waals surface area contributed by atoms with E-state index in [1.807, 2.05) is 12.1 Å². The van der Waals surface area contributed by atoms with Crippen molar-refractivity contribution < 1.29 is 0 Å². The molecule has 0 saturated heterocycles. The predicted molar refractivity (Wildman–Crippen MR) is 60.4 cm³/mol. The van der Waals surface area contributed by atoms with Crippen LogP contribution in [0.2, 0.25) is 0 Å². The smallest absolute Gasteiger partial charge is 0.0184 e. The first-order chi connectivity index (χ1) is 5.97. The van der Waals surface area contributed by atoms with Crippen molar-refractivity contribution in [3.8, 4) is 11.1 Å². The second-order valence-corrected chi connectivity index (χ2v) is 2.73. The number of benzene rings is 2. The topological polar surface area (TPSA) is 0 Å². The third kappa shape index (κ3) is 2.59. The van der Waals surface area contributed by atoms with E-state index in [-0.39, 0.29) is 23.7 Å². The summed E-state index contributed by atoms with van der Waals surface area (Å²) in [6, 6.07) is 20.8. The van der Waals surface area contributed by atoms with E-state index in [0.717, 1.165) is 0 Å². The Hall–Kier alpha value is -0.770. The molecule has 0 N–H and O–H groups in total. The minimum Gasteiger partial charge on any atom is -0.0622 e. The van der Waals surface area contributed by atoms with Crippen LogP contribution in [0.25, 0.3) is 11.1 Å². The van der Waals surface area contributed by atoms with Crippen LogP contribution in [0.3, 0.4) is 0 Å². The zero-order chi connectivity index (χ0) is 8.23. The summed E-state index contributed by atoms with van der Waals surface area (Å²) in [6.07, 6.45) is 0. The molecule has 0 atom stereocenters. The van der Waals surface area contributed by atoms with E-state index in [9.17, 15) is 0 Å². The third-order valence-corrected chi connectivity index (χ3v) is 1.88. The zero-order valence-corrected chi connectivity index (χ0v) is 10.1. The molecule has 0 spiro atoms. The number of hydrogen-bond acceptors (Lipinski definition) is 0. The van der Waals surface area contributed by atoms with Crippen molar-refractivity contribution in [1.29, 1.82) is 0 Å². The summed E-state index contributed by atoms with van der Waals surface area (Å²) >= 11 is 0. The van der Waals surface area contributed by atoms with Crippen LogP contribution < -0.4 is 0 Å². The van der Waals surface area contributed by atoms with Gasteiger partial charge in [0.1, 0.15) is 0 Å². The summed E-state index contributed by atoms with van der Waals surface area (Å²) < 4.78 is 0. The molecule has 0 fully saturated rings. The normalized spacial score (nSPS) is 8.92. The average Bonchev–Trinajstić information content (AvgIpc) is 2.21. The molecule has 13 heavy (non-hydrogen) atoms. The van der Waals surface area contributed by atoms with Crippen molar-refractivity contribution >= 4 is 23.7 Å².